The molecule has 0 radical (unpaired) electrons. The average molecular weight is 774 g/mol. The van der Waals surface area contributed by atoms with Gasteiger partial charge in [0.25, 0.3) is 29.9 Å². The number of amides is 4. The molecule has 23 heteroatoms. The van der Waals surface area contributed by atoms with E-state index in [0.29, 0.717) is 5.57 Å². The highest BCUT2D eigenvalue weighted by Crippen LogP contribution is 2.41. The number of carboxylic acid groups (broad SMARTS) is 1. The van der Waals surface area contributed by atoms with Crippen molar-refractivity contribution in [2.24, 2.45) is 5.16 Å². The van der Waals surface area contributed by atoms with Gasteiger partial charge >= 0.3 is 5.97 Å². The molecule has 3 aromatic rings. The molecule has 1 fully saturated rings. The second kappa shape index (κ2) is 15.3. The first-order chi connectivity index (χ1) is 25.0. The Labute approximate surface area is 307 Å². The molecule has 0 bridgehead atoms. The molecule has 4 heterocycles. The van der Waals surface area contributed by atoms with Gasteiger partial charge in [-0.15, -0.1) is 23.1 Å². The fourth-order valence-corrected chi connectivity index (χ4v) is 6.80. The van der Waals surface area contributed by atoms with Crippen LogP contribution in [0.5, 0.6) is 11.5 Å². The number of nitrogen functional groups attached to an aromatic ring is 2. The van der Waals surface area contributed by atoms with Crippen LogP contribution in [0.3, 0.4) is 0 Å². The zero-order valence-corrected chi connectivity index (χ0v) is 29.3. The van der Waals surface area contributed by atoms with Crippen molar-refractivity contribution >= 4 is 75.0 Å². The van der Waals surface area contributed by atoms with Crippen LogP contribution in [-0.4, -0.2) is 111 Å². The number of nitrogens with two attached hydrogens (primary N) is 2. The Morgan fingerprint density at radius 1 is 1.19 bits per heavy atom. The van der Waals surface area contributed by atoms with Crippen LogP contribution in [0.1, 0.15) is 29.9 Å². The molecule has 12 N–H and O–H groups in total. The highest BCUT2D eigenvalue weighted by atomic mass is 32.2. The van der Waals surface area contributed by atoms with Gasteiger partial charge < -0.3 is 57.8 Å². The van der Waals surface area contributed by atoms with Gasteiger partial charge in [-0.3, -0.25) is 24.1 Å². The lowest BCUT2D eigenvalue weighted by molar-refractivity contribution is -0.691. The third kappa shape index (κ3) is 8.38. The summed E-state index contributed by atoms with van der Waals surface area (Å²) in [6.07, 6.45) is 0.624. The Morgan fingerprint density at radius 2 is 1.92 bits per heavy atom. The fraction of sp³-hybridized carbons (Fsp3) is 0.300. The number of phenols is 2. The van der Waals surface area contributed by atoms with Gasteiger partial charge in [0.1, 0.15) is 29.9 Å². The van der Waals surface area contributed by atoms with Crippen LogP contribution in [0.25, 0.3) is 0 Å². The summed E-state index contributed by atoms with van der Waals surface area (Å²) in [5, 5.41) is 60.9. The van der Waals surface area contributed by atoms with Crippen molar-refractivity contribution in [1.29, 1.82) is 0 Å². The molecule has 0 aliphatic carbocycles. The Bertz CT molecular complexity index is 2050. The number of carbonyl (C=O) groups excluding carboxylic acids is 4. The van der Waals surface area contributed by atoms with Gasteiger partial charge in [0.2, 0.25) is 11.5 Å². The number of nitrogens with one attached hydrogen (secondary N) is 3. The van der Waals surface area contributed by atoms with E-state index < -0.39 is 76.7 Å². The number of β-lactam (4-membered cyclic amide) rings is 1. The first kappa shape index (κ1) is 38.2. The zero-order valence-electron chi connectivity index (χ0n) is 27.7. The van der Waals surface area contributed by atoms with Crippen LogP contribution < -0.4 is 32.0 Å². The number of rotatable bonds is 13. The first-order valence-corrected chi connectivity index (χ1v) is 17.2. The number of aliphatic hydroxyl groups is 2. The van der Waals surface area contributed by atoms with Gasteiger partial charge in [0.15, 0.2) is 34.3 Å². The van der Waals surface area contributed by atoms with Crippen LogP contribution in [0.2, 0.25) is 0 Å². The predicted molar refractivity (Wildman–Crippen MR) is 186 cm³/mol. The third-order valence-corrected chi connectivity index (χ3v) is 9.71. The van der Waals surface area contributed by atoms with E-state index in [1.165, 1.54) is 54.1 Å². The lowest BCUT2D eigenvalue weighted by atomic mass is 10.0. The molecule has 5 rings (SSSR count). The number of hydrogen-bond acceptors (Lipinski definition) is 17. The summed E-state index contributed by atoms with van der Waals surface area (Å²) in [6.45, 7) is 1.90. The molecule has 1 unspecified atom stereocenters. The van der Waals surface area contributed by atoms with Gasteiger partial charge in [-0.25, -0.2) is 14.3 Å². The molecule has 2 aromatic heterocycles. The molecule has 4 amide bonds. The minimum Gasteiger partial charge on any atom is -0.504 e. The first-order valence-electron chi connectivity index (χ1n) is 15.3. The maximum absolute atomic E-state index is 13.4. The highest BCUT2D eigenvalue weighted by molar-refractivity contribution is 8.00. The van der Waals surface area contributed by atoms with Gasteiger partial charge in [-0.1, -0.05) is 5.16 Å². The average Bonchev–Trinajstić information content (AvgIpc) is 3.53. The van der Waals surface area contributed by atoms with E-state index >= 15 is 0 Å². The summed E-state index contributed by atoms with van der Waals surface area (Å²) in [6, 6.07) is 2.25. The van der Waals surface area contributed by atoms with Crippen LogP contribution in [0, 0.1) is 0 Å². The maximum Gasteiger partial charge on any atom is 0.350 e. The molecule has 2 aliphatic rings. The topological polar surface area (TPSA) is 329 Å². The molecule has 21 nitrogen and oxygen atoms in total. The molecule has 1 saturated heterocycles. The number of thiazole rings is 1. The summed E-state index contributed by atoms with van der Waals surface area (Å²) >= 11 is 2.19. The number of fused-ring (bicyclic) bond motifs is 1. The molecule has 2 aliphatic heterocycles. The smallest absolute Gasteiger partial charge is 0.350 e. The number of anilines is 3. The van der Waals surface area contributed by atoms with Crippen molar-refractivity contribution in [2.75, 3.05) is 29.1 Å². The van der Waals surface area contributed by atoms with Crippen LogP contribution in [-0.2, 0) is 30.6 Å². The fourth-order valence-electron chi connectivity index (χ4n) is 4.89. The normalized spacial score (nSPS) is 17.2. The van der Waals surface area contributed by atoms with Crippen molar-refractivity contribution in [1.82, 2.24) is 25.5 Å². The van der Waals surface area contributed by atoms with Gasteiger partial charge in [-0.2, -0.15) is 0 Å². The second-order valence-corrected chi connectivity index (χ2v) is 13.9. The van der Waals surface area contributed by atoms with E-state index in [4.69, 9.17) is 16.3 Å². The van der Waals surface area contributed by atoms with Crippen molar-refractivity contribution in [3.8, 4) is 11.5 Å². The number of nitrogens with zero attached hydrogens (tertiary/aromatic N) is 5. The van der Waals surface area contributed by atoms with Crippen molar-refractivity contribution in [2.45, 2.75) is 43.7 Å². The zero-order chi connectivity index (χ0) is 38.8. The van der Waals surface area contributed by atoms with E-state index in [9.17, 15) is 49.5 Å². The van der Waals surface area contributed by atoms with E-state index in [1.54, 1.807) is 0 Å². The molecule has 53 heavy (non-hydrogen) atoms. The standard InChI is InChI=1S/C30H32N10O11S2/c1-30(2,28(49)50)51-38-19(15-10-53-29(32)36-15)24(45)37-20-25(46)40-21(27(47)48)13(9-52-26(20)40)7-39-8-14(22(31)34-11-39)35-18(43)6-33-23(44)12-3-4-16(41)17(42)5-12/h3-5,8,10-11,20,26-27,31,47-48H,6-7,9H2,1-2H3,(H8,32,33,35,36,37,38,41,42,43,44,45,49,50)/p+1/t20-,26?/m1/s1. The number of carbonyl (C=O) groups is 5. The number of aliphatic hydroxyl groups excluding tert-OH is 1. The minimum atomic E-state index is -2.10. The largest absolute Gasteiger partial charge is 0.504 e. The van der Waals surface area contributed by atoms with Crippen LogP contribution >= 0.6 is 23.1 Å². The van der Waals surface area contributed by atoms with Gasteiger partial charge in [0.05, 0.1) is 12.2 Å². The summed E-state index contributed by atoms with van der Waals surface area (Å²) in [4.78, 5) is 77.5. The number of hydrogen-bond donors (Lipinski definition) is 10. The maximum atomic E-state index is 13.4. The number of phenolic OH excluding ortho intramolecular Hbond substituents is 2. The number of aromatic nitrogens is 3. The molecule has 1 aromatic carbocycles. The Hall–Kier alpha value is -6.04. The van der Waals surface area contributed by atoms with E-state index in [0.717, 1.165) is 28.4 Å². The van der Waals surface area contributed by atoms with E-state index in [2.05, 4.69) is 31.1 Å². The Kier molecular flexibility index (Phi) is 11.0. The SMILES string of the molecule is CC(C)(O/N=C(\C(=O)N[C@@H]1C(=O)N2C(C(O)O)=C(C[n+]3cnc(N)c(NC(=O)CNC(=O)c4ccc(O)c(O)c4)c3)CSC12)c1csc(N)n1)C(=O)O. The summed E-state index contributed by atoms with van der Waals surface area (Å²) in [7, 11) is 0. The molecule has 0 spiro atoms. The number of carboxylic acids is 1. The molecule has 2 atom stereocenters. The van der Waals surface area contributed by atoms with Crippen LogP contribution in [0.4, 0.5) is 16.6 Å². The lowest BCUT2D eigenvalue weighted by Gasteiger charge is -2.50. The van der Waals surface area contributed by atoms with Crippen molar-refractivity contribution < 1.29 is 58.9 Å². The minimum absolute atomic E-state index is 0.00416. The Balaban J connectivity index is 1.27. The van der Waals surface area contributed by atoms with Crippen LogP contribution in [0.15, 0.2) is 52.5 Å². The molecule has 280 valence electrons. The third-order valence-electron chi connectivity index (χ3n) is 7.69. The molecule has 0 saturated carbocycles. The predicted octanol–water partition coefficient (Wildman–Crippen LogP) is -1.98. The molecular formula is C30H33N10O11S2+. The lowest BCUT2D eigenvalue weighted by Crippen LogP contribution is -2.71. The quantitative estimate of drug-likeness (QED) is 0.0225. The molecular weight excluding hydrogens is 741 g/mol. The number of aliphatic carboxylic acids is 1. The highest BCUT2D eigenvalue weighted by Gasteiger charge is 2.54. The van der Waals surface area contributed by atoms with Crippen molar-refractivity contribution in [3.05, 3.63) is 58.6 Å². The Morgan fingerprint density at radius 3 is 2.57 bits per heavy atom. The van der Waals surface area contributed by atoms with E-state index in [-0.39, 0.29) is 45.9 Å². The number of oxime groups is 1. The number of thioether (sulfide) groups is 1. The number of aromatic hydroxyl groups is 2. The van der Waals surface area contributed by atoms with Crippen molar-refractivity contribution in [3.63, 3.8) is 0 Å². The summed E-state index contributed by atoms with van der Waals surface area (Å²) in [5.74, 6) is -5.19. The summed E-state index contributed by atoms with van der Waals surface area (Å²) < 4.78 is 1.47. The summed E-state index contributed by atoms with van der Waals surface area (Å²) in [5.41, 5.74) is 9.69. The van der Waals surface area contributed by atoms with Gasteiger partial charge in [0, 0.05) is 22.3 Å². The number of benzene rings is 1. The second-order valence-electron chi connectivity index (χ2n) is 11.9. The monoisotopic (exact) mass is 773 g/mol. The van der Waals surface area contributed by atoms with E-state index in [1.807, 2.05) is 0 Å². The van der Waals surface area contributed by atoms with Gasteiger partial charge in [-0.05, 0) is 37.0 Å².